The van der Waals surface area contributed by atoms with Crippen molar-refractivity contribution in [1.82, 2.24) is 10.1 Å². The highest BCUT2D eigenvalue weighted by Gasteiger charge is 2.30. The molecule has 0 bridgehead atoms. The molecule has 0 aliphatic carbocycles. The molecule has 3 aliphatic heterocycles. The molecule has 0 saturated carbocycles. The SMILES string of the molecule is O=C(OCCCN1CCC(c2noc3cc(F)ccc23)CC1)N1CCc2cc3c(cc21)OCO3. The van der Waals surface area contributed by atoms with E-state index in [1.54, 1.807) is 11.0 Å². The number of halogens is 1. The lowest BCUT2D eigenvalue weighted by molar-refractivity contribution is 0.140. The lowest BCUT2D eigenvalue weighted by atomic mass is 9.91. The van der Waals surface area contributed by atoms with Crippen molar-refractivity contribution in [3.8, 4) is 11.5 Å². The average molecular weight is 467 g/mol. The zero-order valence-corrected chi connectivity index (χ0v) is 18.8. The molecule has 1 saturated heterocycles. The van der Waals surface area contributed by atoms with Crippen LogP contribution >= 0.6 is 0 Å². The summed E-state index contributed by atoms with van der Waals surface area (Å²) in [5.41, 5.74) is 3.36. The van der Waals surface area contributed by atoms with E-state index in [9.17, 15) is 9.18 Å². The van der Waals surface area contributed by atoms with Crippen molar-refractivity contribution < 1.29 is 27.9 Å². The Kier molecular flexibility index (Phi) is 5.49. The third-order valence-electron chi connectivity index (χ3n) is 6.97. The van der Waals surface area contributed by atoms with Crippen LogP contribution in [-0.2, 0) is 11.2 Å². The number of likely N-dealkylation sites (tertiary alicyclic amines) is 1. The Bertz CT molecular complexity index is 1220. The summed E-state index contributed by atoms with van der Waals surface area (Å²) in [7, 11) is 0. The van der Waals surface area contributed by atoms with Crippen LogP contribution in [0.3, 0.4) is 0 Å². The van der Waals surface area contributed by atoms with Crippen molar-refractivity contribution >= 4 is 22.7 Å². The number of benzene rings is 2. The van der Waals surface area contributed by atoms with Crippen molar-refractivity contribution in [1.29, 1.82) is 0 Å². The molecule has 3 aliphatic rings. The van der Waals surface area contributed by atoms with Crippen LogP contribution < -0.4 is 14.4 Å². The molecule has 0 unspecified atom stereocenters. The van der Waals surface area contributed by atoms with E-state index in [1.807, 2.05) is 12.1 Å². The van der Waals surface area contributed by atoms with E-state index in [0.717, 1.165) is 73.4 Å². The van der Waals surface area contributed by atoms with Crippen LogP contribution in [0.1, 0.15) is 36.4 Å². The number of fused-ring (bicyclic) bond motifs is 3. The summed E-state index contributed by atoms with van der Waals surface area (Å²) in [6, 6.07) is 8.41. The largest absolute Gasteiger partial charge is 0.454 e. The van der Waals surface area contributed by atoms with Crippen LogP contribution in [0.25, 0.3) is 11.0 Å². The van der Waals surface area contributed by atoms with Gasteiger partial charge < -0.3 is 23.6 Å². The monoisotopic (exact) mass is 467 g/mol. The predicted molar refractivity (Wildman–Crippen MR) is 122 cm³/mol. The Morgan fingerprint density at radius 2 is 1.94 bits per heavy atom. The minimum Gasteiger partial charge on any atom is -0.454 e. The Morgan fingerprint density at radius 1 is 1.12 bits per heavy atom. The topological polar surface area (TPSA) is 77.3 Å². The summed E-state index contributed by atoms with van der Waals surface area (Å²) < 4.78 is 35.2. The van der Waals surface area contributed by atoms with Gasteiger partial charge in [0, 0.05) is 36.5 Å². The number of carbonyl (C=O) groups excluding carboxylic acids is 1. The van der Waals surface area contributed by atoms with Crippen molar-refractivity contribution in [2.45, 2.75) is 31.6 Å². The molecule has 9 heteroatoms. The highest BCUT2D eigenvalue weighted by atomic mass is 19.1. The molecule has 0 N–H and O–H groups in total. The van der Waals surface area contributed by atoms with Crippen molar-refractivity contribution in [3.05, 3.63) is 47.4 Å². The number of aromatic nitrogens is 1. The van der Waals surface area contributed by atoms with Gasteiger partial charge in [-0.25, -0.2) is 9.18 Å². The zero-order chi connectivity index (χ0) is 23.1. The molecule has 2 aromatic carbocycles. The summed E-state index contributed by atoms with van der Waals surface area (Å²) in [6.07, 6.45) is 3.19. The molecule has 1 fully saturated rings. The number of rotatable bonds is 5. The fourth-order valence-corrected chi connectivity index (χ4v) is 5.15. The van der Waals surface area contributed by atoms with Crippen LogP contribution in [0.5, 0.6) is 11.5 Å². The van der Waals surface area contributed by atoms with Gasteiger partial charge in [0.2, 0.25) is 6.79 Å². The second kappa shape index (κ2) is 8.79. The summed E-state index contributed by atoms with van der Waals surface area (Å²) in [4.78, 5) is 16.7. The molecule has 0 spiro atoms. The molecular formula is C25H26FN3O5. The third kappa shape index (κ3) is 3.94. The summed E-state index contributed by atoms with van der Waals surface area (Å²) in [6.45, 7) is 3.97. The molecule has 0 atom stereocenters. The molecule has 6 rings (SSSR count). The van der Waals surface area contributed by atoms with Gasteiger partial charge in [0.25, 0.3) is 0 Å². The normalized spacial score (nSPS) is 18.0. The van der Waals surface area contributed by atoms with E-state index < -0.39 is 0 Å². The molecule has 34 heavy (non-hydrogen) atoms. The second-order valence-electron chi connectivity index (χ2n) is 9.03. The van der Waals surface area contributed by atoms with Gasteiger partial charge in [0.05, 0.1) is 18.0 Å². The predicted octanol–water partition coefficient (Wildman–Crippen LogP) is 4.46. The van der Waals surface area contributed by atoms with Gasteiger partial charge in [0.1, 0.15) is 5.82 Å². The first kappa shape index (κ1) is 21.2. The smallest absolute Gasteiger partial charge is 0.414 e. The fourth-order valence-electron chi connectivity index (χ4n) is 5.15. The molecule has 1 aromatic heterocycles. The first-order valence-electron chi connectivity index (χ1n) is 11.8. The van der Waals surface area contributed by atoms with E-state index in [1.165, 1.54) is 12.1 Å². The summed E-state index contributed by atoms with van der Waals surface area (Å²) >= 11 is 0. The van der Waals surface area contributed by atoms with Crippen LogP contribution in [0.2, 0.25) is 0 Å². The summed E-state index contributed by atoms with van der Waals surface area (Å²) in [5.74, 6) is 1.41. The molecular weight excluding hydrogens is 441 g/mol. The van der Waals surface area contributed by atoms with Crippen molar-refractivity contribution in [2.24, 2.45) is 0 Å². The quantitative estimate of drug-likeness (QED) is 0.513. The number of carbonyl (C=O) groups is 1. The van der Waals surface area contributed by atoms with Crippen LogP contribution in [-0.4, -0.2) is 55.7 Å². The number of nitrogens with zero attached hydrogens (tertiary/aromatic N) is 3. The molecule has 3 aromatic rings. The Morgan fingerprint density at radius 3 is 2.79 bits per heavy atom. The van der Waals surface area contributed by atoms with Crippen LogP contribution in [0, 0.1) is 5.82 Å². The van der Waals surface area contributed by atoms with E-state index >= 15 is 0 Å². The highest BCUT2D eigenvalue weighted by Crippen LogP contribution is 2.41. The number of anilines is 1. The lowest BCUT2D eigenvalue weighted by Gasteiger charge is -2.31. The minimum atomic E-state index is -0.314. The van der Waals surface area contributed by atoms with E-state index in [4.69, 9.17) is 18.7 Å². The maximum absolute atomic E-state index is 13.4. The van der Waals surface area contributed by atoms with Gasteiger partial charge in [-0.1, -0.05) is 5.16 Å². The number of amides is 1. The highest BCUT2D eigenvalue weighted by molar-refractivity contribution is 5.91. The lowest BCUT2D eigenvalue weighted by Crippen LogP contribution is -2.35. The third-order valence-corrected chi connectivity index (χ3v) is 6.97. The van der Waals surface area contributed by atoms with Gasteiger partial charge >= 0.3 is 6.09 Å². The second-order valence-corrected chi connectivity index (χ2v) is 9.03. The number of piperidine rings is 1. The Balaban J connectivity index is 0.962. The van der Waals surface area contributed by atoms with Crippen LogP contribution in [0.4, 0.5) is 14.9 Å². The first-order chi connectivity index (χ1) is 16.7. The number of hydrogen-bond acceptors (Lipinski definition) is 7. The van der Waals surface area contributed by atoms with Gasteiger partial charge in [-0.2, -0.15) is 0 Å². The zero-order valence-electron chi connectivity index (χ0n) is 18.8. The van der Waals surface area contributed by atoms with Gasteiger partial charge in [0.15, 0.2) is 17.1 Å². The van der Waals surface area contributed by atoms with E-state index in [-0.39, 0.29) is 18.7 Å². The first-order valence-corrected chi connectivity index (χ1v) is 11.8. The number of ether oxygens (including phenoxy) is 3. The van der Waals surface area contributed by atoms with E-state index in [0.29, 0.717) is 30.4 Å². The standard InChI is InChI=1S/C25H26FN3O5/c26-18-2-3-19-21(13-18)34-27-24(19)16-4-8-28(9-5-16)7-1-11-31-25(30)29-10-6-17-12-22-23(14-20(17)29)33-15-32-22/h2-3,12-14,16H,1,4-11,15H2. The van der Waals surface area contributed by atoms with Crippen molar-refractivity contribution in [2.75, 3.05) is 44.5 Å². The van der Waals surface area contributed by atoms with E-state index in [2.05, 4.69) is 10.1 Å². The maximum Gasteiger partial charge on any atom is 0.414 e. The molecule has 0 radical (unpaired) electrons. The van der Waals surface area contributed by atoms with Crippen molar-refractivity contribution in [3.63, 3.8) is 0 Å². The minimum absolute atomic E-state index is 0.217. The fraction of sp³-hybridized carbons (Fsp3) is 0.440. The maximum atomic E-state index is 13.4. The molecule has 178 valence electrons. The van der Waals surface area contributed by atoms with Gasteiger partial charge in [-0.3, -0.25) is 4.90 Å². The average Bonchev–Trinajstić information content (AvgIpc) is 3.58. The Hall–Kier alpha value is -3.33. The van der Waals surface area contributed by atoms with Gasteiger partial charge in [-0.15, -0.1) is 0 Å². The molecule has 8 nitrogen and oxygen atoms in total. The molecule has 1 amide bonds. The summed E-state index contributed by atoms with van der Waals surface area (Å²) in [5, 5.41) is 5.12. The van der Waals surface area contributed by atoms with Crippen LogP contribution in [0.15, 0.2) is 34.9 Å². The Labute approximate surface area is 196 Å². The van der Waals surface area contributed by atoms with Gasteiger partial charge in [-0.05, 0) is 62.5 Å². The molecule has 4 heterocycles. The number of hydrogen-bond donors (Lipinski definition) is 0.